The van der Waals surface area contributed by atoms with E-state index in [1.54, 1.807) is 18.3 Å². The van der Waals surface area contributed by atoms with Crippen LogP contribution >= 0.6 is 0 Å². The second-order valence-corrected chi connectivity index (χ2v) is 7.58. The maximum absolute atomic E-state index is 12.9. The molecule has 0 aliphatic carbocycles. The summed E-state index contributed by atoms with van der Waals surface area (Å²) in [6, 6.07) is 14.1. The number of hydrogen-bond acceptors (Lipinski definition) is 6. The number of ether oxygens (including phenoxy) is 2. The minimum absolute atomic E-state index is 0.0441. The molecule has 4 rings (SSSR count). The van der Waals surface area contributed by atoms with Crippen LogP contribution in [0, 0.1) is 12.7 Å². The summed E-state index contributed by atoms with van der Waals surface area (Å²) < 4.78 is 24.6. The lowest BCUT2D eigenvalue weighted by Crippen LogP contribution is -2.39. The van der Waals surface area contributed by atoms with Crippen LogP contribution in [0.15, 0.2) is 60.9 Å². The van der Waals surface area contributed by atoms with Gasteiger partial charge < -0.3 is 14.8 Å². The predicted octanol–water partition coefficient (Wildman–Crippen LogP) is 4.51. The molecule has 1 aromatic carbocycles. The number of hydrogen-bond donors (Lipinski definition) is 1. The fourth-order valence-electron chi connectivity index (χ4n) is 3.52. The molecule has 1 aliphatic heterocycles. The third-order valence-corrected chi connectivity index (χ3v) is 5.24. The summed E-state index contributed by atoms with van der Waals surface area (Å²) in [5.41, 5.74) is 2.91. The van der Waals surface area contributed by atoms with Crippen LogP contribution in [0.1, 0.15) is 23.8 Å². The van der Waals surface area contributed by atoms with Gasteiger partial charge in [0, 0.05) is 25.8 Å². The van der Waals surface area contributed by atoms with Gasteiger partial charge in [-0.2, -0.15) is 0 Å². The first kappa shape index (κ1) is 21.2. The van der Waals surface area contributed by atoms with Gasteiger partial charge in [-0.25, -0.2) is 9.37 Å². The highest BCUT2D eigenvalue weighted by Crippen LogP contribution is 2.23. The van der Waals surface area contributed by atoms with Crippen LogP contribution < -0.4 is 10.1 Å². The first-order valence-electron chi connectivity index (χ1n) is 10.5. The molecule has 1 atom stereocenters. The van der Waals surface area contributed by atoms with E-state index in [-0.39, 0.29) is 11.9 Å². The maximum Gasteiger partial charge on any atom is 0.133 e. The van der Waals surface area contributed by atoms with Crippen molar-refractivity contribution in [3.05, 3.63) is 78.0 Å². The van der Waals surface area contributed by atoms with Crippen molar-refractivity contribution in [1.82, 2.24) is 14.9 Å². The van der Waals surface area contributed by atoms with Gasteiger partial charge in [0.2, 0.25) is 0 Å². The molecule has 0 bridgehead atoms. The predicted molar refractivity (Wildman–Crippen MR) is 118 cm³/mol. The van der Waals surface area contributed by atoms with Crippen LogP contribution in [0.25, 0.3) is 0 Å². The molecule has 31 heavy (non-hydrogen) atoms. The Kier molecular flexibility index (Phi) is 7.07. The van der Waals surface area contributed by atoms with Crippen LogP contribution in [0.5, 0.6) is 5.75 Å². The fraction of sp³-hybridized carbons (Fsp3) is 0.333. The largest absolute Gasteiger partial charge is 0.494 e. The Morgan fingerprint density at radius 3 is 2.81 bits per heavy atom. The van der Waals surface area contributed by atoms with E-state index in [0.717, 1.165) is 48.8 Å². The minimum Gasteiger partial charge on any atom is -0.494 e. The quantitative estimate of drug-likeness (QED) is 0.539. The minimum atomic E-state index is -0.254. The SMILES string of the molecule is Cc1cccnc1Nc1ccc([C@H]2CN(CCCOc3ccc(F)cc3)CCO2)nc1. The molecule has 6 nitrogen and oxygen atoms in total. The van der Waals surface area contributed by atoms with Crippen LogP contribution in [0.2, 0.25) is 0 Å². The van der Waals surface area contributed by atoms with E-state index in [9.17, 15) is 4.39 Å². The fourth-order valence-corrected chi connectivity index (χ4v) is 3.52. The Labute approximate surface area is 182 Å². The normalized spacial score (nSPS) is 16.8. The van der Waals surface area contributed by atoms with E-state index in [4.69, 9.17) is 9.47 Å². The molecule has 7 heteroatoms. The van der Waals surface area contributed by atoms with E-state index < -0.39 is 0 Å². The molecule has 1 saturated heterocycles. The van der Waals surface area contributed by atoms with Crippen molar-refractivity contribution in [3.63, 3.8) is 0 Å². The van der Waals surface area contributed by atoms with Crippen molar-refractivity contribution in [1.29, 1.82) is 0 Å². The molecule has 1 fully saturated rings. The molecule has 0 radical (unpaired) electrons. The van der Waals surface area contributed by atoms with Crippen LogP contribution in [0.3, 0.4) is 0 Å². The Balaban J connectivity index is 1.25. The summed E-state index contributed by atoms with van der Waals surface area (Å²) in [6.07, 6.45) is 4.44. The number of pyridine rings is 2. The summed E-state index contributed by atoms with van der Waals surface area (Å²) in [5.74, 6) is 1.27. The Hall–Kier alpha value is -3.03. The number of rotatable bonds is 8. The topological polar surface area (TPSA) is 59.5 Å². The van der Waals surface area contributed by atoms with Crippen molar-refractivity contribution >= 4 is 11.5 Å². The van der Waals surface area contributed by atoms with Gasteiger partial charge in [-0.3, -0.25) is 9.88 Å². The van der Waals surface area contributed by atoms with Crippen LogP contribution in [-0.4, -0.2) is 47.7 Å². The highest BCUT2D eigenvalue weighted by molar-refractivity contribution is 5.57. The molecule has 0 spiro atoms. The van der Waals surface area contributed by atoms with E-state index in [2.05, 4.69) is 20.2 Å². The van der Waals surface area contributed by atoms with Crippen molar-refractivity contribution in [2.24, 2.45) is 0 Å². The van der Waals surface area contributed by atoms with Gasteiger partial charge in [-0.1, -0.05) is 6.07 Å². The standard InChI is InChI=1S/C24H27FN4O2/c1-18-4-2-11-26-24(18)28-20-7-10-22(27-16-20)23-17-29(13-15-31-23)12-3-14-30-21-8-5-19(25)6-9-21/h2,4-11,16,23H,3,12-15,17H2,1H3,(H,26,28)/t23-/m1/s1. The smallest absolute Gasteiger partial charge is 0.133 e. The molecule has 1 N–H and O–H groups in total. The lowest BCUT2D eigenvalue weighted by molar-refractivity contribution is -0.0330. The molecular weight excluding hydrogens is 395 g/mol. The monoisotopic (exact) mass is 422 g/mol. The highest BCUT2D eigenvalue weighted by Gasteiger charge is 2.22. The lowest BCUT2D eigenvalue weighted by Gasteiger charge is -2.32. The summed E-state index contributed by atoms with van der Waals surface area (Å²) >= 11 is 0. The Bertz CT molecular complexity index is 966. The maximum atomic E-state index is 12.9. The first-order valence-corrected chi connectivity index (χ1v) is 10.5. The van der Waals surface area contributed by atoms with E-state index in [1.807, 2.05) is 37.4 Å². The number of nitrogens with one attached hydrogen (secondary N) is 1. The van der Waals surface area contributed by atoms with Crippen LogP contribution in [0.4, 0.5) is 15.9 Å². The number of aryl methyl sites for hydroxylation is 1. The molecule has 162 valence electrons. The van der Waals surface area contributed by atoms with Gasteiger partial charge in [0.1, 0.15) is 23.5 Å². The average Bonchev–Trinajstić information content (AvgIpc) is 2.80. The molecule has 3 heterocycles. The van der Waals surface area contributed by atoms with E-state index in [0.29, 0.717) is 19.0 Å². The third kappa shape index (κ3) is 5.99. The van der Waals surface area contributed by atoms with Crippen molar-refractivity contribution in [2.45, 2.75) is 19.4 Å². The first-order chi connectivity index (χ1) is 15.2. The molecule has 2 aromatic heterocycles. The highest BCUT2D eigenvalue weighted by atomic mass is 19.1. The van der Waals surface area contributed by atoms with Gasteiger partial charge in [-0.05, 0) is 61.4 Å². The number of morpholine rings is 1. The number of aromatic nitrogens is 2. The molecule has 1 aliphatic rings. The van der Waals surface area contributed by atoms with Gasteiger partial charge in [0.05, 0.1) is 30.8 Å². The van der Waals surface area contributed by atoms with E-state index in [1.165, 1.54) is 12.1 Å². The molecular formula is C24H27FN4O2. The number of anilines is 2. The van der Waals surface area contributed by atoms with Gasteiger partial charge in [0.15, 0.2) is 0 Å². The van der Waals surface area contributed by atoms with Crippen molar-refractivity contribution < 1.29 is 13.9 Å². The summed E-state index contributed by atoms with van der Waals surface area (Å²) in [7, 11) is 0. The summed E-state index contributed by atoms with van der Waals surface area (Å²) in [5, 5.41) is 3.30. The number of halogens is 1. The second kappa shape index (κ2) is 10.3. The van der Waals surface area contributed by atoms with Crippen molar-refractivity contribution in [2.75, 3.05) is 38.2 Å². The zero-order valence-corrected chi connectivity index (χ0v) is 17.6. The summed E-state index contributed by atoms with van der Waals surface area (Å²) in [4.78, 5) is 11.3. The van der Waals surface area contributed by atoms with Crippen molar-refractivity contribution in [3.8, 4) is 5.75 Å². The number of nitrogens with zero attached hydrogens (tertiary/aromatic N) is 3. The van der Waals surface area contributed by atoms with Gasteiger partial charge in [-0.15, -0.1) is 0 Å². The second-order valence-electron chi connectivity index (χ2n) is 7.58. The average molecular weight is 423 g/mol. The van der Waals surface area contributed by atoms with Gasteiger partial charge >= 0.3 is 0 Å². The molecule has 0 unspecified atom stereocenters. The third-order valence-electron chi connectivity index (χ3n) is 5.24. The zero-order valence-electron chi connectivity index (χ0n) is 17.6. The molecule has 0 amide bonds. The number of benzene rings is 1. The molecule has 3 aromatic rings. The van der Waals surface area contributed by atoms with Crippen LogP contribution in [-0.2, 0) is 4.74 Å². The van der Waals surface area contributed by atoms with E-state index >= 15 is 0 Å². The Morgan fingerprint density at radius 1 is 1.16 bits per heavy atom. The zero-order chi connectivity index (χ0) is 21.5. The molecule has 0 saturated carbocycles. The van der Waals surface area contributed by atoms with Gasteiger partial charge in [0.25, 0.3) is 0 Å². The lowest BCUT2D eigenvalue weighted by atomic mass is 10.1. The Morgan fingerprint density at radius 2 is 2.03 bits per heavy atom. The summed E-state index contributed by atoms with van der Waals surface area (Å²) in [6.45, 7) is 5.91.